The number of aliphatic imine (C=N–C) groups is 1. The molecule has 2 aromatic carbocycles. The molecule has 0 heterocycles. The van der Waals surface area contributed by atoms with Crippen LogP contribution >= 0.6 is 0 Å². The molecule has 2 aromatic rings. The Labute approximate surface area is 107 Å². The quantitative estimate of drug-likeness (QED) is 0.733. The molecule has 0 fully saturated rings. The molecular weight excluding hydrogens is 222 g/mol. The van der Waals surface area contributed by atoms with Crippen molar-refractivity contribution in [3.8, 4) is 5.75 Å². The summed E-state index contributed by atoms with van der Waals surface area (Å²) in [6, 6.07) is 17.8. The molecule has 90 valence electrons. The van der Waals surface area contributed by atoms with Crippen LogP contribution < -0.4 is 4.74 Å². The van der Waals surface area contributed by atoms with Crippen molar-refractivity contribution in [3.63, 3.8) is 0 Å². The Kier molecular flexibility index (Phi) is 4.31. The zero-order valence-corrected chi connectivity index (χ0v) is 10.3. The molecule has 0 unspecified atom stereocenters. The van der Waals surface area contributed by atoms with E-state index in [4.69, 9.17) is 4.74 Å². The molecule has 0 bridgehead atoms. The first-order chi connectivity index (χ1) is 8.90. The van der Waals surface area contributed by atoms with Gasteiger partial charge in [-0.25, -0.2) is 0 Å². The van der Waals surface area contributed by atoms with Gasteiger partial charge in [0, 0.05) is 6.21 Å². The third-order valence-electron chi connectivity index (χ3n) is 2.47. The fourth-order valence-electron chi connectivity index (χ4n) is 1.58. The zero-order chi connectivity index (χ0) is 12.6. The average molecular weight is 237 g/mol. The smallest absolute Gasteiger partial charge is 0.144 e. The van der Waals surface area contributed by atoms with Gasteiger partial charge < -0.3 is 4.74 Å². The number of ether oxygens (including phenoxy) is 1. The Morgan fingerprint density at radius 2 is 1.67 bits per heavy atom. The third kappa shape index (κ3) is 3.32. The summed E-state index contributed by atoms with van der Waals surface area (Å²) < 4.78 is 5.22. The van der Waals surface area contributed by atoms with Gasteiger partial charge in [-0.1, -0.05) is 48.5 Å². The van der Waals surface area contributed by atoms with Crippen molar-refractivity contribution in [3.05, 3.63) is 66.2 Å². The number of hydrogen-bond donors (Lipinski definition) is 0. The lowest BCUT2D eigenvalue weighted by atomic mass is 10.2. The summed E-state index contributed by atoms with van der Waals surface area (Å²) in [7, 11) is 1.65. The number of hydrogen-bond acceptors (Lipinski definition) is 2. The maximum absolute atomic E-state index is 5.22. The predicted octanol–water partition coefficient (Wildman–Crippen LogP) is 4.11. The van der Waals surface area contributed by atoms with Gasteiger partial charge in [-0.3, -0.25) is 4.99 Å². The van der Waals surface area contributed by atoms with Gasteiger partial charge in [-0.15, -0.1) is 0 Å². The summed E-state index contributed by atoms with van der Waals surface area (Å²) in [5.74, 6) is 0.780. The molecule has 2 rings (SSSR count). The molecule has 0 saturated heterocycles. The Hall–Kier alpha value is -2.35. The zero-order valence-electron chi connectivity index (χ0n) is 10.3. The second-order valence-electron chi connectivity index (χ2n) is 3.72. The second kappa shape index (κ2) is 6.40. The lowest BCUT2D eigenvalue weighted by Gasteiger charge is -2.01. The summed E-state index contributed by atoms with van der Waals surface area (Å²) in [5.41, 5.74) is 1.99. The molecule has 0 N–H and O–H groups in total. The third-order valence-corrected chi connectivity index (χ3v) is 2.47. The van der Waals surface area contributed by atoms with Crippen LogP contribution in [-0.4, -0.2) is 13.3 Å². The molecule has 0 amide bonds. The van der Waals surface area contributed by atoms with Crippen molar-refractivity contribution in [1.82, 2.24) is 0 Å². The highest BCUT2D eigenvalue weighted by Gasteiger charge is 1.96. The minimum Gasteiger partial charge on any atom is -0.494 e. The van der Waals surface area contributed by atoms with E-state index < -0.39 is 0 Å². The van der Waals surface area contributed by atoms with Crippen LogP contribution in [0.2, 0.25) is 0 Å². The van der Waals surface area contributed by atoms with Crippen LogP contribution in [0.5, 0.6) is 5.75 Å². The van der Waals surface area contributed by atoms with Gasteiger partial charge >= 0.3 is 0 Å². The van der Waals surface area contributed by atoms with Crippen LogP contribution in [0.3, 0.4) is 0 Å². The van der Waals surface area contributed by atoms with Crippen molar-refractivity contribution in [2.45, 2.75) is 0 Å². The lowest BCUT2D eigenvalue weighted by Crippen LogP contribution is -1.82. The molecule has 0 spiro atoms. The van der Waals surface area contributed by atoms with Gasteiger partial charge in [0.25, 0.3) is 0 Å². The van der Waals surface area contributed by atoms with Crippen LogP contribution in [0.25, 0.3) is 6.08 Å². The van der Waals surface area contributed by atoms with Gasteiger partial charge in [0.1, 0.15) is 11.4 Å². The summed E-state index contributed by atoms with van der Waals surface area (Å²) in [6.45, 7) is 0. The Morgan fingerprint density at radius 1 is 0.944 bits per heavy atom. The van der Waals surface area contributed by atoms with Crippen molar-refractivity contribution in [1.29, 1.82) is 0 Å². The van der Waals surface area contributed by atoms with Crippen molar-refractivity contribution in [2.75, 3.05) is 7.11 Å². The maximum Gasteiger partial charge on any atom is 0.144 e. The predicted molar refractivity (Wildman–Crippen MR) is 76.6 cm³/mol. The minimum absolute atomic E-state index is 0.780. The van der Waals surface area contributed by atoms with E-state index in [2.05, 4.69) is 4.99 Å². The van der Waals surface area contributed by atoms with Crippen molar-refractivity contribution >= 4 is 18.0 Å². The molecule has 0 saturated carbocycles. The summed E-state index contributed by atoms with van der Waals surface area (Å²) in [5, 5.41) is 0. The van der Waals surface area contributed by atoms with Gasteiger partial charge in [0.05, 0.1) is 7.11 Å². The van der Waals surface area contributed by atoms with E-state index in [1.807, 2.05) is 66.7 Å². The summed E-state index contributed by atoms with van der Waals surface area (Å²) in [4.78, 5) is 4.36. The van der Waals surface area contributed by atoms with Crippen molar-refractivity contribution in [2.24, 2.45) is 4.99 Å². The fourth-order valence-corrected chi connectivity index (χ4v) is 1.58. The van der Waals surface area contributed by atoms with E-state index in [0.29, 0.717) is 0 Å². The summed E-state index contributed by atoms with van der Waals surface area (Å²) >= 11 is 0. The van der Waals surface area contributed by atoms with Gasteiger partial charge in [-0.05, 0) is 23.8 Å². The first-order valence-electron chi connectivity index (χ1n) is 5.79. The molecular formula is C16H15NO. The highest BCUT2D eigenvalue weighted by Crippen LogP contribution is 2.25. The van der Waals surface area contributed by atoms with Gasteiger partial charge in [-0.2, -0.15) is 0 Å². The fraction of sp³-hybridized carbons (Fsp3) is 0.0625. The standard InChI is InChI=1S/C16H15NO/c1-18-16-12-6-5-11-15(16)17-13-7-10-14-8-3-2-4-9-14/h2-13H,1H3. The van der Waals surface area contributed by atoms with E-state index in [9.17, 15) is 0 Å². The van der Waals surface area contributed by atoms with Crippen LogP contribution in [0.1, 0.15) is 5.56 Å². The van der Waals surface area contributed by atoms with E-state index in [-0.39, 0.29) is 0 Å². The number of nitrogens with zero attached hydrogens (tertiary/aromatic N) is 1. The second-order valence-corrected chi connectivity index (χ2v) is 3.72. The topological polar surface area (TPSA) is 21.6 Å². The highest BCUT2D eigenvalue weighted by molar-refractivity contribution is 5.81. The minimum atomic E-state index is 0.780. The molecule has 18 heavy (non-hydrogen) atoms. The maximum atomic E-state index is 5.22. The Morgan fingerprint density at radius 3 is 2.44 bits per heavy atom. The average Bonchev–Trinajstić information content (AvgIpc) is 2.45. The summed E-state index contributed by atoms with van der Waals surface area (Å²) in [6.07, 6.45) is 5.70. The number of para-hydroxylation sites is 2. The molecule has 2 heteroatoms. The van der Waals surface area contributed by atoms with Crippen LogP contribution in [0, 0.1) is 0 Å². The molecule has 0 radical (unpaired) electrons. The van der Waals surface area contributed by atoms with Crippen LogP contribution in [0.15, 0.2) is 65.7 Å². The molecule has 0 aliphatic carbocycles. The molecule has 0 atom stereocenters. The normalized spacial score (nSPS) is 11.2. The first kappa shape index (κ1) is 12.1. The van der Waals surface area contributed by atoms with E-state index >= 15 is 0 Å². The number of allylic oxidation sites excluding steroid dienone is 1. The van der Waals surface area contributed by atoms with Gasteiger partial charge in [0.2, 0.25) is 0 Å². The lowest BCUT2D eigenvalue weighted by molar-refractivity contribution is 0.416. The SMILES string of the molecule is COc1ccccc1N=CC=Cc1ccccc1. The number of methoxy groups -OCH3 is 1. The number of rotatable bonds is 4. The monoisotopic (exact) mass is 237 g/mol. The molecule has 0 aliphatic heterocycles. The largest absolute Gasteiger partial charge is 0.494 e. The van der Waals surface area contributed by atoms with Gasteiger partial charge in [0.15, 0.2) is 0 Å². The van der Waals surface area contributed by atoms with Crippen molar-refractivity contribution < 1.29 is 4.74 Å². The molecule has 2 nitrogen and oxygen atoms in total. The molecule has 0 aromatic heterocycles. The molecule has 0 aliphatic rings. The Bertz CT molecular complexity index is 544. The highest BCUT2D eigenvalue weighted by atomic mass is 16.5. The van der Waals surface area contributed by atoms with E-state index in [1.54, 1.807) is 13.3 Å². The first-order valence-corrected chi connectivity index (χ1v) is 5.79. The Balaban J connectivity index is 2.06. The van der Waals surface area contributed by atoms with E-state index in [1.165, 1.54) is 0 Å². The van der Waals surface area contributed by atoms with Crippen LogP contribution in [-0.2, 0) is 0 Å². The van der Waals surface area contributed by atoms with Crippen LogP contribution in [0.4, 0.5) is 5.69 Å². The van der Waals surface area contributed by atoms with E-state index in [0.717, 1.165) is 17.0 Å². The number of benzene rings is 2.